The van der Waals surface area contributed by atoms with Crippen molar-refractivity contribution in [1.82, 2.24) is 9.88 Å². The number of nitro groups is 1. The predicted octanol–water partition coefficient (Wildman–Crippen LogP) is 3.39. The van der Waals surface area contributed by atoms with Crippen molar-refractivity contribution < 1.29 is 33.5 Å². The van der Waals surface area contributed by atoms with Gasteiger partial charge in [-0.15, -0.1) is 0 Å². The maximum Gasteiger partial charge on any atom is 0.328 e. The number of benzene rings is 1. The second-order valence-electron chi connectivity index (χ2n) is 6.37. The van der Waals surface area contributed by atoms with Crippen LogP contribution in [0, 0.1) is 10.1 Å². The van der Waals surface area contributed by atoms with Crippen LogP contribution in [0.5, 0.6) is 17.4 Å². The van der Waals surface area contributed by atoms with Gasteiger partial charge in [0.2, 0.25) is 5.88 Å². The van der Waals surface area contributed by atoms with Crippen molar-refractivity contribution in [2.45, 2.75) is 13.0 Å². The fraction of sp³-hybridized carbons (Fsp3) is 0.200. The molecule has 1 aromatic heterocycles. The van der Waals surface area contributed by atoms with E-state index in [1.807, 2.05) is 0 Å². The Kier molecular flexibility index (Phi) is 6.73. The topological polar surface area (TPSA) is 138 Å². The summed E-state index contributed by atoms with van der Waals surface area (Å²) in [7, 11) is 2.59. The number of nitrogens with zero attached hydrogens (tertiary/aromatic N) is 3. The summed E-state index contributed by atoms with van der Waals surface area (Å²) in [4.78, 5) is 51.6. The van der Waals surface area contributed by atoms with E-state index in [-0.39, 0.29) is 16.5 Å². The van der Waals surface area contributed by atoms with Gasteiger partial charge in [0.05, 0.1) is 24.0 Å². The summed E-state index contributed by atoms with van der Waals surface area (Å²) in [5.41, 5.74) is 0.372. The van der Waals surface area contributed by atoms with Crippen molar-refractivity contribution >= 4 is 40.6 Å². The van der Waals surface area contributed by atoms with E-state index in [1.165, 1.54) is 39.4 Å². The first-order chi connectivity index (χ1) is 15.2. The summed E-state index contributed by atoms with van der Waals surface area (Å²) in [5.74, 6) is -0.581. The van der Waals surface area contributed by atoms with E-state index in [2.05, 4.69) is 9.72 Å². The molecule has 2 heterocycles. The van der Waals surface area contributed by atoms with Crippen molar-refractivity contribution in [3.8, 4) is 17.4 Å². The lowest BCUT2D eigenvalue weighted by molar-refractivity contribution is -0.385. The maximum absolute atomic E-state index is 12.6. The highest BCUT2D eigenvalue weighted by atomic mass is 32.2. The third kappa shape index (κ3) is 4.70. The van der Waals surface area contributed by atoms with E-state index in [9.17, 15) is 24.5 Å². The van der Waals surface area contributed by atoms with E-state index < -0.39 is 28.1 Å². The van der Waals surface area contributed by atoms with Gasteiger partial charge >= 0.3 is 5.97 Å². The Balaban J connectivity index is 1.82. The van der Waals surface area contributed by atoms with Gasteiger partial charge in [-0.25, -0.2) is 9.78 Å². The summed E-state index contributed by atoms with van der Waals surface area (Å²) in [6.07, 6.45) is 2.56. The van der Waals surface area contributed by atoms with Crippen molar-refractivity contribution in [2.24, 2.45) is 0 Å². The predicted molar refractivity (Wildman–Crippen MR) is 113 cm³/mol. The van der Waals surface area contributed by atoms with Gasteiger partial charge in [0, 0.05) is 12.1 Å². The van der Waals surface area contributed by atoms with Gasteiger partial charge in [-0.3, -0.25) is 24.6 Å². The number of rotatable bonds is 7. The van der Waals surface area contributed by atoms with Crippen LogP contribution in [-0.4, -0.2) is 52.2 Å². The number of thioether (sulfide) groups is 1. The van der Waals surface area contributed by atoms with Crippen molar-refractivity contribution in [1.29, 1.82) is 0 Å². The maximum atomic E-state index is 12.6. The fourth-order valence-electron chi connectivity index (χ4n) is 2.75. The van der Waals surface area contributed by atoms with E-state index >= 15 is 0 Å². The quantitative estimate of drug-likeness (QED) is 0.262. The Morgan fingerprint density at radius 2 is 1.97 bits per heavy atom. The van der Waals surface area contributed by atoms with Crippen LogP contribution in [0.4, 0.5) is 10.5 Å². The Morgan fingerprint density at radius 1 is 1.22 bits per heavy atom. The van der Waals surface area contributed by atoms with Crippen molar-refractivity contribution in [2.75, 3.05) is 14.2 Å². The van der Waals surface area contributed by atoms with Gasteiger partial charge in [0.1, 0.15) is 12.2 Å². The van der Waals surface area contributed by atoms with Gasteiger partial charge in [-0.1, -0.05) is 6.07 Å². The van der Waals surface area contributed by atoms with Gasteiger partial charge < -0.3 is 14.2 Å². The van der Waals surface area contributed by atoms with Crippen LogP contribution in [0.2, 0.25) is 0 Å². The highest BCUT2D eigenvalue weighted by molar-refractivity contribution is 8.18. The molecular formula is C20H17N3O8S. The number of pyridine rings is 1. The van der Waals surface area contributed by atoms with Gasteiger partial charge in [0.15, 0.2) is 11.5 Å². The number of methoxy groups -OCH3 is 2. The zero-order valence-electron chi connectivity index (χ0n) is 17.1. The highest BCUT2D eigenvalue weighted by Crippen LogP contribution is 2.36. The molecule has 12 heteroatoms. The first-order valence-corrected chi connectivity index (χ1v) is 9.88. The molecule has 1 saturated heterocycles. The summed E-state index contributed by atoms with van der Waals surface area (Å²) in [6.45, 7) is 1.41. The Labute approximate surface area is 186 Å². The minimum Gasteiger partial charge on any atom is -0.493 e. The van der Waals surface area contributed by atoms with Crippen LogP contribution in [0.1, 0.15) is 12.5 Å². The molecule has 2 amide bonds. The lowest BCUT2D eigenvalue weighted by atomic mass is 10.1. The average Bonchev–Trinajstić information content (AvgIpc) is 3.06. The van der Waals surface area contributed by atoms with Crippen LogP contribution in [-0.2, 0) is 14.3 Å². The number of carbonyl (C=O) groups excluding carboxylic acids is 3. The molecule has 1 fully saturated rings. The van der Waals surface area contributed by atoms with Crippen LogP contribution in [0.3, 0.4) is 0 Å². The van der Waals surface area contributed by atoms with E-state index in [0.717, 1.165) is 11.1 Å². The molecule has 166 valence electrons. The second kappa shape index (κ2) is 9.47. The summed E-state index contributed by atoms with van der Waals surface area (Å²) in [6, 6.07) is 6.34. The number of esters is 1. The summed E-state index contributed by atoms with van der Waals surface area (Å²) < 4.78 is 15.5. The molecule has 2 aromatic rings. The standard InChI is InChI=1S/C20H17N3O8S/c1-11(19(25)30-3)22-18(24)16(32-20(22)26)9-12-4-6-14(15(8-12)29-2)31-17-7-5-13(10-21-17)23(27)28/h4-11H,1-3H3/b16-9-/t11-/m1/s1. The molecule has 0 aliphatic carbocycles. The zero-order valence-corrected chi connectivity index (χ0v) is 18.0. The molecule has 0 unspecified atom stereocenters. The van der Waals surface area contributed by atoms with Crippen molar-refractivity contribution in [3.05, 3.63) is 57.1 Å². The molecule has 1 aliphatic heterocycles. The first kappa shape index (κ1) is 22.7. The molecule has 1 aromatic carbocycles. The first-order valence-electron chi connectivity index (χ1n) is 9.06. The number of carbonyl (C=O) groups is 3. The Bertz CT molecular complexity index is 1120. The summed E-state index contributed by atoms with van der Waals surface area (Å²) in [5, 5.41) is 10.2. The largest absolute Gasteiger partial charge is 0.493 e. The third-order valence-corrected chi connectivity index (χ3v) is 5.27. The minimum atomic E-state index is -1.04. The van der Waals surface area contributed by atoms with Crippen LogP contribution in [0.25, 0.3) is 6.08 Å². The molecule has 1 atom stereocenters. The average molecular weight is 459 g/mol. The van der Waals surface area contributed by atoms with Gasteiger partial charge in [-0.2, -0.15) is 0 Å². The number of aromatic nitrogens is 1. The zero-order chi connectivity index (χ0) is 23.4. The third-order valence-electron chi connectivity index (χ3n) is 4.38. The molecule has 32 heavy (non-hydrogen) atoms. The van der Waals surface area contributed by atoms with E-state index in [4.69, 9.17) is 9.47 Å². The molecule has 0 saturated carbocycles. The van der Waals surface area contributed by atoms with Crippen LogP contribution >= 0.6 is 11.8 Å². The van der Waals surface area contributed by atoms with E-state index in [1.54, 1.807) is 18.2 Å². The molecule has 0 radical (unpaired) electrons. The Hall–Kier alpha value is -3.93. The lowest BCUT2D eigenvalue weighted by Gasteiger charge is -2.18. The molecule has 0 bridgehead atoms. The second-order valence-corrected chi connectivity index (χ2v) is 7.37. The molecule has 0 spiro atoms. The monoisotopic (exact) mass is 459 g/mol. The van der Waals surface area contributed by atoms with Gasteiger partial charge in [0.25, 0.3) is 16.8 Å². The van der Waals surface area contributed by atoms with E-state index in [0.29, 0.717) is 28.8 Å². The number of hydrogen-bond donors (Lipinski definition) is 0. The number of hydrogen-bond acceptors (Lipinski definition) is 10. The van der Waals surface area contributed by atoms with Crippen LogP contribution < -0.4 is 9.47 Å². The van der Waals surface area contributed by atoms with Crippen LogP contribution in [0.15, 0.2) is 41.4 Å². The molecular weight excluding hydrogens is 442 g/mol. The lowest BCUT2D eigenvalue weighted by Crippen LogP contribution is -2.42. The molecule has 0 N–H and O–H groups in total. The van der Waals surface area contributed by atoms with Crippen molar-refractivity contribution in [3.63, 3.8) is 0 Å². The molecule has 1 aliphatic rings. The fourth-order valence-corrected chi connectivity index (χ4v) is 3.66. The number of amides is 2. The normalized spacial score (nSPS) is 15.6. The number of ether oxygens (including phenoxy) is 3. The molecule has 11 nitrogen and oxygen atoms in total. The SMILES string of the molecule is COC(=O)[C@@H](C)N1C(=O)S/C(=C\c2ccc(Oc3ccc([N+](=O)[O-])cn3)c(OC)c2)C1=O. The molecule has 3 rings (SSSR count). The Morgan fingerprint density at radius 3 is 2.56 bits per heavy atom. The summed E-state index contributed by atoms with van der Waals surface area (Å²) >= 11 is 0.710. The van der Waals surface area contributed by atoms with Gasteiger partial charge in [-0.05, 0) is 42.5 Å². The number of imide groups is 1. The highest BCUT2D eigenvalue weighted by Gasteiger charge is 2.41. The smallest absolute Gasteiger partial charge is 0.328 e. The minimum absolute atomic E-state index is 0.125.